The third kappa shape index (κ3) is 2.85. The Bertz CT molecular complexity index is 399. The highest BCUT2D eigenvalue weighted by Crippen LogP contribution is 2.15. The van der Waals surface area contributed by atoms with Crippen molar-refractivity contribution in [3.8, 4) is 0 Å². The van der Waals surface area contributed by atoms with Gasteiger partial charge in [0.15, 0.2) is 4.90 Å². The average Bonchev–Trinajstić information content (AvgIpc) is 2.31. The van der Waals surface area contributed by atoms with Gasteiger partial charge in [0, 0.05) is 5.56 Å². The van der Waals surface area contributed by atoms with Crippen molar-refractivity contribution in [2.24, 2.45) is 0 Å². The Balaban J connectivity index is 2.08. The van der Waals surface area contributed by atoms with E-state index in [9.17, 15) is 4.55 Å². The first kappa shape index (κ1) is 10.3. The van der Waals surface area contributed by atoms with Crippen molar-refractivity contribution in [1.29, 1.82) is 0 Å². The summed E-state index contributed by atoms with van der Waals surface area (Å²) in [5.41, 5.74) is 1.11. The minimum atomic E-state index is -0.934. The van der Waals surface area contributed by atoms with Crippen LogP contribution in [0.5, 0.6) is 0 Å². The number of hydrogen-bond donors (Lipinski definition) is 0. The molecule has 2 aromatic carbocycles. The summed E-state index contributed by atoms with van der Waals surface area (Å²) in [6, 6.07) is 19.5. The summed E-state index contributed by atoms with van der Waals surface area (Å²) in [6.45, 7) is 0. The van der Waals surface area contributed by atoms with Crippen LogP contribution in [0.4, 0.5) is 0 Å². The van der Waals surface area contributed by atoms with Crippen molar-refractivity contribution >= 4 is 11.2 Å². The highest BCUT2D eigenvalue weighted by atomic mass is 32.2. The van der Waals surface area contributed by atoms with E-state index in [2.05, 4.69) is 0 Å². The van der Waals surface area contributed by atoms with Gasteiger partial charge in [-0.3, -0.25) is 0 Å². The van der Waals surface area contributed by atoms with Gasteiger partial charge in [0.2, 0.25) is 0 Å². The van der Waals surface area contributed by atoms with E-state index in [-0.39, 0.29) is 0 Å². The topological polar surface area (TPSA) is 23.1 Å². The molecule has 1 nitrogen and oxygen atoms in total. The number of rotatable bonds is 3. The van der Waals surface area contributed by atoms with E-state index >= 15 is 0 Å². The Morgan fingerprint density at radius 2 is 1.33 bits per heavy atom. The first-order chi connectivity index (χ1) is 7.36. The van der Waals surface area contributed by atoms with Gasteiger partial charge < -0.3 is 4.55 Å². The Hall–Kier alpha value is -1.25. The van der Waals surface area contributed by atoms with Crippen LogP contribution in [0.2, 0.25) is 0 Å². The number of hydrogen-bond acceptors (Lipinski definition) is 1. The lowest BCUT2D eigenvalue weighted by atomic mass is 10.2. The van der Waals surface area contributed by atoms with Gasteiger partial charge in [-0.1, -0.05) is 48.5 Å². The molecule has 0 saturated heterocycles. The Kier molecular flexibility index (Phi) is 3.43. The van der Waals surface area contributed by atoms with Gasteiger partial charge in [0.25, 0.3) is 0 Å². The molecule has 0 fully saturated rings. The van der Waals surface area contributed by atoms with Crippen molar-refractivity contribution in [2.75, 3.05) is 0 Å². The van der Waals surface area contributed by atoms with Gasteiger partial charge in [-0.25, -0.2) is 0 Å². The van der Waals surface area contributed by atoms with Crippen molar-refractivity contribution in [3.63, 3.8) is 0 Å². The maximum atomic E-state index is 11.9. The van der Waals surface area contributed by atoms with Crippen LogP contribution in [0.3, 0.4) is 0 Å². The molecule has 0 radical (unpaired) electrons. The molecule has 2 rings (SSSR count). The molecule has 0 heterocycles. The van der Waals surface area contributed by atoms with Crippen molar-refractivity contribution in [2.45, 2.75) is 10.6 Å². The predicted molar refractivity (Wildman–Crippen MR) is 63.0 cm³/mol. The molecular formula is C13H12OS. The van der Waals surface area contributed by atoms with Crippen LogP contribution in [-0.4, -0.2) is 4.55 Å². The molecular weight excluding hydrogens is 204 g/mol. The first-order valence-corrected chi connectivity index (χ1v) is 6.15. The van der Waals surface area contributed by atoms with Crippen LogP contribution in [0, 0.1) is 0 Å². The largest absolute Gasteiger partial charge is 0.611 e. The van der Waals surface area contributed by atoms with E-state index in [1.54, 1.807) is 0 Å². The predicted octanol–water partition coefficient (Wildman–Crippen LogP) is 2.99. The second kappa shape index (κ2) is 5.01. The molecule has 0 amide bonds. The second-order valence-electron chi connectivity index (χ2n) is 3.29. The Morgan fingerprint density at radius 3 is 1.93 bits per heavy atom. The summed E-state index contributed by atoms with van der Waals surface area (Å²) in [4.78, 5) is 0.890. The van der Waals surface area contributed by atoms with Crippen LogP contribution < -0.4 is 0 Å². The zero-order valence-corrected chi connectivity index (χ0v) is 9.11. The molecule has 2 heteroatoms. The third-order valence-corrected chi connectivity index (χ3v) is 3.54. The minimum Gasteiger partial charge on any atom is -0.611 e. The van der Waals surface area contributed by atoms with Crippen LogP contribution in [0.15, 0.2) is 65.6 Å². The van der Waals surface area contributed by atoms with Gasteiger partial charge in [0.05, 0.1) is 0 Å². The molecule has 15 heavy (non-hydrogen) atoms. The molecule has 0 aromatic heterocycles. The summed E-state index contributed by atoms with van der Waals surface area (Å²) in [7, 11) is 0. The molecule has 0 bridgehead atoms. The molecule has 0 spiro atoms. The van der Waals surface area contributed by atoms with Gasteiger partial charge in [-0.15, -0.1) is 0 Å². The molecule has 1 atom stereocenters. The smallest absolute Gasteiger partial charge is 0.153 e. The summed E-state index contributed by atoms with van der Waals surface area (Å²) < 4.78 is 11.9. The highest BCUT2D eigenvalue weighted by molar-refractivity contribution is 7.90. The molecule has 0 aliphatic rings. The van der Waals surface area contributed by atoms with E-state index < -0.39 is 11.2 Å². The van der Waals surface area contributed by atoms with Crippen molar-refractivity contribution < 1.29 is 4.55 Å². The molecule has 76 valence electrons. The number of benzene rings is 2. The summed E-state index contributed by atoms with van der Waals surface area (Å²) >= 11 is -0.934. The summed E-state index contributed by atoms with van der Waals surface area (Å²) in [6.07, 6.45) is 0. The average molecular weight is 216 g/mol. The first-order valence-electron chi connectivity index (χ1n) is 4.83. The van der Waals surface area contributed by atoms with E-state index in [1.807, 2.05) is 60.7 Å². The van der Waals surface area contributed by atoms with Crippen LogP contribution >= 0.6 is 0 Å². The van der Waals surface area contributed by atoms with Gasteiger partial charge in [0.1, 0.15) is 5.75 Å². The van der Waals surface area contributed by atoms with Crippen molar-refractivity contribution in [3.05, 3.63) is 66.2 Å². The molecule has 0 saturated carbocycles. The van der Waals surface area contributed by atoms with Crippen LogP contribution in [-0.2, 0) is 16.9 Å². The lowest BCUT2D eigenvalue weighted by molar-refractivity contribution is 0.594. The van der Waals surface area contributed by atoms with E-state index in [0.717, 1.165) is 10.5 Å². The van der Waals surface area contributed by atoms with E-state index in [4.69, 9.17) is 0 Å². The van der Waals surface area contributed by atoms with Gasteiger partial charge in [-0.05, 0) is 23.3 Å². The van der Waals surface area contributed by atoms with E-state index in [1.165, 1.54) is 0 Å². The normalized spacial score (nSPS) is 12.3. The van der Waals surface area contributed by atoms with Crippen molar-refractivity contribution in [1.82, 2.24) is 0 Å². The van der Waals surface area contributed by atoms with Crippen LogP contribution in [0.1, 0.15) is 5.56 Å². The molecule has 0 N–H and O–H groups in total. The second-order valence-corrected chi connectivity index (χ2v) is 4.74. The Morgan fingerprint density at radius 1 is 0.800 bits per heavy atom. The minimum absolute atomic E-state index is 0.588. The zero-order valence-electron chi connectivity index (χ0n) is 8.30. The van der Waals surface area contributed by atoms with Crippen LogP contribution in [0.25, 0.3) is 0 Å². The van der Waals surface area contributed by atoms with Gasteiger partial charge in [-0.2, -0.15) is 0 Å². The molecule has 0 aliphatic carbocycles. The fourth-order valence-corrected chi connectivity index (χ4v) is 2.50. The highest BCUT2D eigenvalue weighted by Gasteiger charge is 2.10. The molecule has 0 aliphatic heterocycles. The summed E-state index contributed by atoms with van der Waals surface area (Å²) in [5, 5.41) is 0. The Labute approximate surface area is 92.9 Å². The third-order valence-electron chi connectivity index (χ3n) is 2.15. The fourth-order valence-electron chi connectivity index (χ4n) is 1.38. The summed E-state index contributed by atoms with van der Waals surface area (Å²) in [5.74, 6) is 0.588. The lowest BCUT2D eigenvalue weighted by Crippen LogP contribution is -2.04. The lowest BCUT2D eigenvalue weighted by Gasteiger charge is -2.09. The molecule has 0 unspecified atom stereocenters. The maximum Gasteiger partial charge on any atom is 0.153 e. The SMILES string of the molecule is [O-][S@@+](Cc1ccccc1)c1ccccc1. The standard InChI is InChI=1S/C13H12OS/c14-15(13-9-5-2-6-10-13)11-12-7-3-1-4-8-12/h1-10H,11H2/t15-/m0/s1. The monoisotopic (exact) mass is 216 g/mol. The quantitative estimate of drug-likeness (QED) is 0.723. The van der Waals surface area contributed by atoms with Gasteiger partial charge >= 0.3 is 0 Å². The molecule has 2 aromatic rings. The maximum absolute atomic E-state index is 11.9. The zero-order chi connectivity index (χ0) is 10.5. The van der Waals surface area contributed by atoms with E-state index in [0.29, 0.717) is 5.75 Å². The fraction of sp³-hybridized carbons (Fsp3) is 0.0769.